The van der Waals surface area contributed by atoms with E-state index >= 15 is 0 Å². The van der Waals surface area contributed by atoms with Gasteiger partial charge in [-0.25, -0.2) is 0 Å². The van der Waals surface area contributed by atoms with E-state index in [2.05, 4.69) is 13.8 Å². The normalized spacial score (nSPS) is 29.8. The lowest BCUT2D eigenvalue weighted by atomic mass is 9.78. The van der Waals surface area contributed by atoms with Gasteiger partial charge in [0.15, 0.2) is 0 Å². The topological polar surface area (TPSA) is 9.23 Å². The van der Waals surface area contributed by atoms with Crippen molar-refractivity contribution in [2.75, 3.05) is 6.61 Å². The van der Waals surface area contributed by atoms with Crippen molar-refractivity contribution in [3.63, 3.8) is 0 Å². The summed E-state index contributed by atoms with van der Waals surface area (Å²) in [6.07, 6.45) is 26.4. The Hall–Kier alpha value is -0.0400. The second kappa shape index (κ2) is 14.0. The minimum atomic E-state index is 0.589. The number of rotatable bonds is 13. The van der Waals surface area contributed by atoms with Gasteiger partial charge in [0.2, 0.25) is 0 Å². The van der Waals surface area contributed by atoms with Gasteiger partial charge < -0.3 is 4.74 Å². The van der Waals surface area contributed by atoms with Crippen LogP contribution in [0.25, 0.3) is 0 Å². The highest BCUT2D eigenvalue weighted by molar-refractivity contribution is 4.74. The molecule has 2 fully saturated rings. The van der Waals surface area contributed by atoms with Crippen LogP contribution in [0.3, 0.4) is 0 Å². The summed E-state index contributed by atoms with van der Waals surface area (Å²) in [7, 11) is 0. The molecule has 154 valence electrons. The van der Waals surface area contributed by atoms with Crippen molar-refractivity contribution in [1.29, 1.82) is 0 Å². The Bertz CT molecular complexity index is 310. The molecule has 26 heavy (non-hydrogen) atoms. The van der Waals surface area contributed by atoms with Crippen LogP contribution in [-0.4, -0.2) is 12.7 Å². The molecule has 0 aromatic rings. The predicted octanol–water partition coefficient (Wildman–Crippen LogP) is 8.31. The van der Waals surface area contributed by atoms with Crippen LogP contribution in [0.5, 0.6) is 0 Å². The molecule has 0 bridgehead atoms. The molecule has 0 radical (unpaired) electrons. The molecule has 0 aliphatic heterocycles. The third-order valence-electron chi connectivity index (χ3n) is 7.28. The van der Waals surface area contributed by atoms with Crippen molar-refractivity contribution < 1.29 is 4.74 Å². The van der Waals surface area contributed by atoms with E-state index in [1.54, 1.807) is 0 Å². The lowest BCUT2D eigenvalue weighted by molar-refractivity contribution is 0.0133. The van der Waals surface area contributed by atoms with Crippen molar-refractivity contribution in [2.45, 2.75) is 136 Å². The summed E-state index contributed by atoms with van der Waals surface area (Å²) < 4.78 is 6.21. The van der Waals surface area contributed by atoms with Crippen molar-refractivity contribution in [3.05, 3.63) is 0 Å². The van der Waals surface area contributed by atoms with Crippen LogP contribution in [0.2, 0.25) is 0 Å². The average Bonchev–Trinajstić information content (AvgIpc) is 2.68. The fraction of sp³-hybridized carbons (Fsp3) is 1.00. The molecule has 1 heteroatoms. The maximum Gasteiger partial charge on any atom is 0.0575 e. The van der Waals surface area contributed by atoms with Crippen molar-refractivity contribution in [3.8, 4) is 0 Å². The van der Waals surface area contributed by atoms with E-state index < -0.39 is 0 Å². The van der Waals surface area contributed by atoms with E-state index in [-0.39, 0.29) is 0 Å². The van der Waals surface area contributed by atoms with Crippen LogP contribution in [0, 0.1) is 17.8 Å². The fourth-order valence-electron chi connectivity index (χ4n) is 5.46. The Morgan fingerprint density at radius 2 is 1.08 bits per heavy atom. The monoisotopic (exact) mass is 364 g/mol. The molecule has 2 saturated carbocycles. The quantitative estimate of drug-likeness (QED) is 0.298. The zero-order valence-electron chi connectivity index (χ0n) is 18.2. The van der Waals surface area contributed by atoms with Gasteiger partial charge in [0.25, 0.3) is 0 Å². The maximum atomic E-state index is 6.21. The molecule has 2 rings (SSSR count). The van der Waals surface area contributed by atoms with Crippen LogP contribution in [-0.2, 0) is 4.74 Å². The fourth-order valence-corrected chi connectivity index (χ4v) is 5.46. The maximum absolute atomic E-state index is 6.21. The molecule has 0 spiro atoms. The molecule has 2 aliphatic carbocycles. The molecule has 1 nitrogen and oxygen atoms in total. The van der Waals surface area contributed by atoms with E-state index in [9.17, 15) is 0 Å². The third-order valence-corrected chi connectivity index (χ3v) is 7.28. The van der Waals surface area contributed by atoms with Gasteiger partial charge in [0.1, 0.15) is 0 Å². The summed E-state index contributed by atoms with van der Waals surface area (Å²) in [4.78, 5) is 0. The third kappa shape index (κ3) is 9.25. The summed E-state index contributed by atoms with van der Waals surface area (Å²) in [6.45, 7) is 5.66. The molecule has 0 atom stereocenters. The lowest BCUT2D eigenvalue weighted by Crippen LogP contribution is -2.22. The second-order valence-corrected chi connectivity index (χ2v) is 9.53. The summed E-state index contributed by atoms with van der Waals surface area (Å²) >= 11 is 0. The van der Waals surface area contributed by atoms with Gasteiger partial charge in [0, 0.05) is 6.61 Å². The molecule has 2 aliphatic rings. The van der Waals surface area contributed by atoms with E-state index in [0.717, 1.165) is 24.4 Å². The Morgan fingerprint density at radius 1 is 0.538 bits per heavy atom. The van der Waals surface area contributed by atoms with Gasteiger partial charge in [-0.3, -0.25) is 0 Å². The summed E-state index contributed by atoms with van der Waals surface area (Å²) in [5.74, 6) is 3.07. The number of ether oxygens (including phenoxy) is 1. The molecule has 0 amide bonds. The Balaban J connectivity index is 1.42. The lowest BCUT2D eigenvalue weighted by Gasteiger charge is -2.30. The molecule has 0 saturated heterocycles. The van der Waals surface area contributed by atoms with E-state index in [1.165, 1.54) is 116 Å². The summed E-state index contributed by atoms with van der Waals surface area (Å²) in [5.41, 5.74) is 0. The van der Waals surface area contributed by atoms with Crippen molar-refractivity contribution >= 4 is 0 Å². The minimum Gasteiger partial charge on any atom is -0.378 e. The zero-order chi connectivity index (χ0) is 18.5. The van der Waals surface area contributed by atoms with Gasteiger partial charge in [0.05, 0.1) is 6.10 Å². The summed E-state index contributed by atoms with van der Waals surface area (Å²) in [5, 5.41) is 0. The molecule has 0 N–H and O–H groups in total. The Kier molecular flexibility index (Phi) is 12.0. The average molecular weight is 365 g/mol. The van der Waals surface area contributed by atoms with Gasteiger partial charge in [-0.05, 0) is 56.3 Å². The van der Waals surface area contributed by atoms with Crippen LogP contribution >= 0.6 is 0 Å². The number of hydrogen-bond acceptors (Lipinski definition) is 1. The first-order chi connectivity index (χ1) is 12.8. The van der Waals surface area contributed by atoms with E-state index in [4.69, 9.17) is 4.74 Å². The number of hydrogen-bond donors (Lipinski definition) is 0. The van der Waals surface area contributed by atoms with Gasteiger partial charge in [-0.1, -0.05) is 90.9 Å². The van der Waals surface area contributed by atoms with Crippen molar-refractivity contribution in [2.24, 2.45) is 17.8 Å². The first-order valence-electron chi connectivity index (χ1n) is 12.4. The standard InChI is InChI=1S/C25H48O/c1-3-5-6-7-8-11-23-13-15-24(16-14-23)12-9-21-26-25-19-17-22(10-4-2)18-20-25/h22-25H,3-21H2,1-2H3/t22?,23-,24-,25?. The smallest absolute Gasteiger partial charge is 0.0575 e. The van der Waals surface area contributed by atoms with E-state index in [0.29, 0.717) is 6.10 Å². The van der Waals surface area contributed by atoms with Crippen LogP contribution in [0.15, 0.2) is 0 Å². The highest BCUT2D eigenvalue weighted by atomic mass is 16.5. The Labute approximate surface area is 165 Å². The van der Waals surface area contributed by atoms with E-state index in [1.807, 2.05) is 0 Å². The summed E-state index contributed by atoms with van der Waals surface area (Å²) in [6, 6.07) is 0. The van der Waals surface area contributed by atoms with Crippen LogP contribution in [0.1, 0.15) is 129 Å². The second-order valence-electron chi connectivity index (χ2n) is 9.53. The molecule has 0 unspecified atom stereocenters. The van der Waals surface area contributed by atoms with Crippen LogP contribution < -0.4 is 0 Å². The highest BCUT2D eigenvalue weighted by Gasteiger charge is 2.22. The zero-order valence-corrected chi connectivity index (χ0v) is 18.2. The molecule has 0 aromatic heterocycles. The van der Waals surface area contributed by atoms with Gasteiger partial charge >= 0.3 is 0 Å². The Morgan fingerprint density at radius 3 is 1.69 bits per heavy atom. The number of unbranched alkanes of at least 4 members (excludes halogenated alkanes) is 4. The molecular weight excluding hydrogens is 316 g/mol. The highest BCUT2D eigenvalue weighted by Crippen LogP contribution is 2.34. The minimum absolute atomic E-state index is 0.589. The first-order valence-corrected chi connectivity index (χ1v) is 12.4. The van der Waals surface area contributed by atoms with Gasteiger partial charge in [-0.15, -0.1) is 0 Å². The molecule has 0 heterocycles. The predicted molar refractivity (Wildman–Crippen MR) is 115 cm³/mol. The largest absolute Gasteiger partial charge is 0.378 e. The van der Waals surface area contributed by atoms with Crippen molar-refractivity contribution in [1.82, 2.24) is 0 Å². The first kappa shape index (κ1) is 22.3. The SMILES string of the molecule is CCCCCCC[C@H]1CC[C@H](CCCOC2CCC(CCC)CC2)CC1. The van der Waals surface area contributed by atoms with Crippen LogP contribution in [0.4, 0.5) is 0 Å². The molecule has 0 aromatic carbocycles. The molecular formula is C25H48O. The van der Waals surface area contributed by atoms with Gasteiger partial charge in [-0.2, -0.15) is 0 Å².